The standard InChI is InChI=1S/C26H25ClN4O2/c1-3-30-24(29-23-12-8-7-11-22(23)25(30)32)18(2)31(17-19-9-5-4-6-10-19)26(33)28-21-15-13-20(27)14-16-21/h4-16,18H,3,17H2,1-2H3,(H,28,33). The van der Waals surface area contributed by atoms with E-state index >= 15 is 0 Å². The van der Waals surface area contributed by atoms with Crippen molar-refractivity contribution in [3.05, 3.63) is 106 Å². The monoisotopic (exact) mass is 460 g/mol. The molecule has 0 radical (unpaired) electrons. The fraction of sp³-hybridized carbons (Fsp3) is 0.192. The third-order valence-corrected chi connectivity index (χ3v) is 5.85. The highest BCUT2D eigenvalue weighted by molar-refractivity contribution is 6.30. The van der Waals surface area contributed by atoms with E-state index in [4.69, 9.17) is 16.6 Å². The van der Waals surface area contributed by atoms with Gasteiger partial charge in [0.15, 0.2) is 0 Å². The van der Waals surface area contributed by atoms with Crippen molar-refractivity contribution in [2.45, 2.75) is 33.0 Å². The maximum Gasteiger partial charge on any atom is 0.322 e. The zero-order chi connectivity index (χ0) is 23.4. The fourth-order valence-corrected chi connectivity index (χ4v) is 3.97. The van der Waals surface area contributed by atoms with Crippen LogP contribution in [0.1, 0.15) is 31.3 Å². The summed E-state index contributed by atoms with van der Waals surface area (Å²) in [5.41, 5.74) is 2.12. The Hall–Kier alpha value is -3.64. The molecule has 168 valence electrons. The quantitative estimate of drug-likeness (QED) is 0.391. The lowest BCUT2D eigenvalue weighted by Gasteiger charge is -2.30. The van der Waals surface area contributed by atoms with Crippen LogP contribution in [0.25, 0.3) is 10.9 Å². The number of para-hydroxylation sites is 1. The summed E-state index contributed by atoms with van der Waals surface area (Å²) in [5.74, 6) is 0.545. The Kier molecular flexibility index (Phi) is 6.75. The van der Waals surface area contributed by atoms with E-state index in [9.17, 15) is 9.59 Å². The van der Waals surface area contributed by atoms with E-state index in [-0.39, 0.29) is 11.6 Å². The molecule has 1 atom stereocenters. The zero-order valence-electron chi connectivity index (χ0n) is 18.5. The summed E-state index contributed by atoms with van der Waals surface area (Å²) in [5, 5.41) is 4.10. The summed E-state index contributed by atoms with van der Waals surface area (Å²) >= 11 is 5.98. The lowest BCUT2D eigenvalue weighted by Crippen LogP contribution is -2.39. The number of benzene rings is 3. The predicted octanol–water partition coefficient (Wildman–Crippen LogP) is 5.87. The summed E-state index contributed by atoms with van der Waals surface area (Å²) in [6.07, 6.45) is 0. The summed E-state index contributed by atoms with van der Waals surface area (Å²) in [4.78, 5) is 33.1. The number of urea groups is 1. The van der Waals surface area contributed by atoms with Crippen LogP contribution in [0.2, 0.25) is 5.02 Å². The van der Waals surface area contributed by atoms with Crippen LogP contribution < -0.4 is 10.9 Å². The average molecular weight is 461 g/mol. The van der Waals surface area contributed by atoms with Gasteiger partial charge in [-0.3, -0.25) is 9.36 Å². The van der Waals surface area contributed by atoms with E-state index in [1.807, 2.05) is 62.4 Å². The highest BCUT2D eigenvalue weighted by Gasteiger charge is 2.26. The second kappa shape index (κ2) is 9.88. The molecule has 4 rings (SSSR count). The molecule has 7 heteroatoms. The Morgan fingerprint density at radius 1 is 1.03 bits per heavy atom. The molecule has 1 unspecified atom stereocenters. The van der Waals surface area contributed by atoms with Gasteiger partial charge in [-0.15, -0.1) is 0 Å². The molecule has 4 aromatic rings. The molecule has 0 saturated carbocycles. The van der Waals surface area contributed by atoms with E-state index < -0.39 is 6.04 Å². The first-order chi connectivity index (χ1) is 16.0. The molecule has 1 N–H and O–H groups in total. The van der Waals surface area contributed by atoms with Gasteiger partial charge in [0.1, 0.15) is 5.82 Å². The number of fused-ring (bicyclic) bond motifs is 1. The van der Waals surface area contributed by atoms with Crippen LogP contribution in [0.15, 0.2) is 83.7 Å². The van der Waals surface area contributed by atoms with E-state index in [0.717, 1.165) is 5.56 Å². The number of anilines is 1. The first-order valence-corrected chi connectivity index (χ1v) is 11.2. The molecule has 0 fully saturated rings. The van der Waals surface area contributed by atoms with E-state index in [2.05, 4.69) is 5.32 Å². The van der Waals surface area contributed by atoms with Crippen LogP contribution in [0.3, 0.4) is 0 Å². The summed E-state index contributed by atoms with van der Waals surface area (Å²) < 4.78 is 1.64. The van der Waals surface area contributed by atoms with Gasteiger partial charge in [-0.05, 0) is 55.8 Å². The minimum atomic E-state index is -0.463. The normalized spacial score (nSPS) is 11.8. The van der Waals surface area contributed by atoms with E-state index in [1.165, 1.54) is 0 Å². The van der Waals surface area contributed by atoms with E-state index in [0.29, 0.717) is 40.5 Å². The SMILES string of the molecule is CCn1c(C(C)N(Cc2ccccc2)C(=O)Nc2ccc(Cl)cc2)nc2ccccc2c1=O. The van der Waals surface area contributed by atoms with Crippen molar-refractivity contribution in [2.24, 2.45) is 0 Å². The van der Waals surface area contributed by atoms with Crippen LogP contribution in [0.5, 0.6) is 0 Å². The van der Waals surface area contributed by atoms with Gasteiger partial charge in [0.2, 0.25) is 0 Å². The first-order valence-electron chi connectivity index (χ1n) is 10.8. The minimum absolute atomic E-state index is 0.109. The number of aromatic nitrogens is 2. The van der Waals surface area contributed by atoms with Crippen molar-refractivity contribution in [2.75, 3.05) is 5.32 Å². The van der Waals surface area contributed by atoms with Crippen LogP contribution >= 0.6 is 11.6 Å². The van der Waals surface area contributed by atoms with Crippen LogP contribution in [0, 0.1) is 0 Å². The largest absolute Gasteiger partial charge is 0.322 e. The van der Waals surface area contributed by atoms with Crippen molar-refractivity contribution in [3.63, 3.8) is 0 Å². The number of carbonyl (C=O) groups is 1. The van der Waals surface area contributed by atoms with Gasteiger partial charge in [-0.2, -0.15) is 0 Å². The lowest BCUT2D eigenvalue weighted by atomic mass is 10.1. The molecule has 6 nitrogen and oxygen atoms in total. The van der Waals surface area contributed by atoms with Gasteiger partial charge < -0.3 is 10.2 Å². The Balaban J connectivity index is 1.75. The van der Waals surface area contributed by atoms with Gasteiger partial charge in [0, 0.05) is 23.8 Å². The van der Waals surface area contributed by atoms with Gasteiger partial charge >= 0.3 is 6.03 Å². The van der Waals surface area contributed by atoms with Crippen molar-refractivity contribution in [1.82, 2.24) is 14.5 Å². The maximum absolute atomic E-state index is 13.4. The van der Waals surface area contributed by atoms with Gasteiger partial charge in [0.25, 0.3) is 5.56 Å². The van der Waals surface area contributed by atoms with E-state index in [1.54, 1.807) is 39.8 Å². The molecule has 0 bridgehead atoms. The summed E-state index contributed by atoms with van der Waals surface area (Å²) in [6, 6.07) is 23.2. The molecule has 2 amide bonds. The molecule has 3 aromatic carbocycles. The number of nitrogens with one attached hydrogen (secondary N) is 1. The number of rotatable bonds is 6. The maximum atomic E-state index is 13.4. The van der Waals surface area contributed by atoms with Crippen LogP contribution in [0.4, 0.5) is 10.5 Å². The van der Waals surface area contributed by atoms with Gasteiger partial charge in [-0.25, -0.2) is 9.78 Å². The molecule has 1 aromatic heterocycles. The fourth-order valence-electron chi connectivity index (χ4n) is 3.84. The van der Waals surface area contributed by atoms with Crippen LogP contribution in [-0.2, 0) is 13.1 Å². The molecule has 0 saturated heterocycles. The predicted molar refractivity (Wildman–Crippen MR) is 133 cm³/mol. The highest BCUT2D eigenvalue weighted by atomic mass is 35.5. The van der Waals surface area contributed by atoms with Crippen molar-refractivity contribution < 1.29 is 4.79 Å². The third kappa shape index (κ3) is 4.91. The zero-order valence-corrected chi connectivity index (χ0v) is 19.3. The highest BCUT2D eigenvalue weighted by Crippen LogP contribution is 2.24. The molecule has 33 heavy (non-hydrogen) atoms. The van der Waals surface area contributed by atoms with Crippen molar-refractivity contribution >= 4 is 34.2 Å². The third-order valence-electron chi connectivity index (χ3n) is 5.60. The number of nitrogens with zero attached hydrogens (tertiary/aromatic N) is 3. The Morgan fingerprint density at radius 3 is 2.39 bits per heavy atom. The topological polar surface area (TPSA) is 67.2 Å². The molecular formula is C26H25ClN4O2. The molecule has 0 aliphatic carbocycles. The average Bonchev–Trinajstić information content (AvgIpc) is 2.84. The molecule has 0 aliphatic rings. The second-order valence-corrected chi connectivity index (χ2v) is 8.20. The van der Waals surface area contributed by atoms with Crippen molar-refractivity contribution in [3.8, 4) is 0 Å². The number of carbonyl (C=O) groups excluding carboxylic acids is 1. The molecule has 0 spiro atoms. The van der Waals surface area contributed by atoms with Crippen LogP contribution in [-0.4, -0.2) is 20.5 Å². The Morgan fingerprint density at radius 2 is 1.70 bits per heavy atom. The Bertz CT molecular complexity index is 1320. The number of hydrogen-bond donors (Lipinski definition) is 1. The summed E-state index contributed by atoms with van der Waals surface area (Å²) in [6.45, 7) is 4.61. The van der Waals surface area contributed by atoms with Crippen molar-refractivity contribution in [1.29, 1.82) is 0 Å². The molecular weight excluding hydrogens is 436 g/mol. The Labute approximate surface area is 197 Å². The number of amides is 2. The second-order valence-electron chi connectivity index (χ2n) is 7.76. The summed E-state index contributed by atoms with van der Waals surface area (Å²) in [7, 11) is 0. The number of halogens is 1. The van der Waals surface area contributed by atoms with Gasteiger partial charge in [-0.1, -0.05) is 54.1 Å². The lowest BCUT2D eigenvalue weighted by molar-refractivity contribution is 0.184. The molecule has 1 heterocycles. The smallest absolute Gasteiger partial charge is 0.310 e. The number of hydrogen-bond acceptors (Lipinski definition) is 3. The molecule has 0 aliphatic heterocycles. The van der Waals surface area contributed by atoms with Gasteiger partial charge in [0.05, 0.1) is 16.9 Å². The minimum Gasteiger partial charge on any atom is -0.310 e. The first kappa shape index (κ1) is 22.6.